The number of rotatable bonds is 5. The highest BCUT2D eigenvalue weighted by Crippen LogP contribution is 2.29. The van der Waals surface area contributed by atoms with E-state index >= 15 is 0 Å². The van der Waals surface area contributed by atoms with Crippen LogP contribution in [0.3, 0.4) is 0 Å². The Bertz CT molecular complexity index is 368. The number of likely N-dealkylation sites (N-methyl/N-ethyl adjacent to an activating group) is 1. The van der Waals surface area contributed by atoms with E-state index < -0.39 is 0 Å². The second kappa shape index (κ2) is 7.01. The van der Waals surface area contributed by atoms with Gasteiger partial charge in [0.05, 0.1) is 0 Å². The van der Waals surface area contributed by atoms with Crippen molar-refractivity contribution in [3.8, 4) is 0 Å². The summed E-state index contributed by atoms with van der Waals surface area (Å²) in [6.07, 6.45) is 8.77. The Labute approximate surface area is 117 Å². The number of hydrogen-bond donors (Lipinski definition) is 1. The molecule has 0 aromatic carbocycles. The van der Waals surface area contributed by atoms with Crippen molar-refractivity contribution in [2.24, 2.45) is 5.73 Å². The summed E-state index contributed by atoms with van der Waals surface area (Å²) in [7, 11) is 0. The van der Waals surface area contributed by atoms with Crippen LogP contribution in [-0.4, -0.2) is 29.0 Å². The molecule has 1 heterocycles. The Kier molecular flexibility index (Phi) is 5.34. The van der Waals surface area contributed by atoms with Crippen molar-refractivity contribution in [1.29, 1.82) is 0 Å². The summed E-state index contributed by atoms with van der Waals surface area (Å²) in [5, 5.41) is 0. The van der Waals surface area contributed by atoms with Gasteiger partial charge in [0.15, 0.2) is 0 Å². The van der Waals surface area contributed by atoms with Gasteiger partial charge < -0.3 is 5.73 Å². The summed E-state index contributed by atoms with van der Waals surface area (Å²) < 4.78 is 0. The molecule has 1 fully saturated rings. The fourth-order valence-electron chi connectivity index (χ4n) is 3.29. The average molecular weight is 261 g/mol. The fraction of sp³-hybridized carbons (Fsp3) is 0.688. The predicted octanol–water partition coefficient (Wildman–Crippen LogP) is 3.04. The molecule has 0 bridgehead atoms. The van der Waals surface area contributed by atoms with E-state index in [2.05, 4.69) is 28.9 Å². The van der Waals surface area contributed by atoms with Gasteiger partial charge in [-0.15, -0.1) is 0 Å². The molecule has 3 nitrogen and oxygen atoms in total. The lowest BCUT2D eigenvalue weighted by Gasteiger charge is -2.39. The van der Waals surface area contributed by atoms with Crippen LogP contribution in [0.5, 0.6) is 0 Å². The predicted molar refractivity (Wildman–Crippen MR) is 80.0 cm³/mol. The van der Waals surface area contributed by atoms with Gasteiger partial charge in [-0.2, -0.15) is 0 Å². The fourth-order valence-corrected chi connectivity index (χ4v) is 3.29. The summed E-state index contributed by atoms with van der Waals surface area (Å²) in [4.78, 5) is 7.02. The molecule has 106 valence electrons. The standard InChI is InChI=1S/C16H27N3/c1-3-19(15-7-5-4-6-8-15)16(11-17)14-10-9-13(2)18-12-14/h9-10,12,15-16H,3-8,11,17H2,1-2H3. The van der Waals surface area contributed by atoms with Gasteiger partial charge >= 0.3 is 0 Å². The first-order chi connectivity index (χ1) is 9.26. The van der Waals surface area contributed by atoms with Crippen LogP contribution in [0.25, 0.3) is 0 Å². The number of aromatic nitrogens is 1. The van der Waals surface area contributed by atoms with E-state index in [1.54, 1.807) is 0 Å². The molecular weight excluding hydrogens is 234 g/mol. The second-order valence-electron chi connectivity index (χ2n) is 5.61. The Morgan fingerprint density at radius 1 is 1.32 bits per heavy atom. The molecule has 1 saturated carbocycles. The Balaban J connectivity index is 2.15. The minimum atomic E-state index is 0.321. The Hall–Kier alpha value is -0.930. The zero-order chi connectivity index (χ0) is 13.7. The van der Waals surface area contributed by atoms with Crippen molar-refractivity contribution in [2.75, 3.05) is 13.1 Å². The third kappa shape index (κ3) is 3.54. The topological polar surface area (TPSA) is 42.1 Å². The van der Waals surface area contributed by atoms with Crippen LogP contribution in [-0.2, 0) is 0 Å². The largest absolute Gasteiger partial charge is 0.329 e. The number of nitrogens with zero attached hydrogens (tertiary/aromatic N) is 2. The Morgan fingerprint density at radius 2 is 2.05 bits per heavy atom. The normalized spacial score (nSPS) is 18.7. The Morgan fingerprint density at radius 3 is 2.58 bits per heavy atom. The van der Waals surface area contributed by atoms with Crippen molar-refractivity contribution in [3.63, 3.8) is 0 Å². The highest BCUT2D eigenvalue weighted by Gasteiger charge is 2.26. The van der Waals surface area contributed by atoms with Crippen LogP contribution >= 0.6 is 0 Å². The third-order valence-corrected chi connectivity index (χ3v) is 4.35. The molecule has 0 saturated heterocycles. The molecule has 1 aliphatic rings. The van der Waals surface area contributed by atoms with Crippen molar-refractivity contribution < 1.29 is 0 Å². The minimum Gasteiger partial charge on any atom is -0.329 e. The van der Waals surface area contributed by atoms with Crippen LogP contribution in [0.4, 0.5) is 0 Å². The monoisotopic (exact) mass is 261 g/mol. The highest BCUT2D eigenvalue weighted by atomic mass is 15.2. The quantitative estimate of drug-likeness (QED) is 0.886. The van der Waals surface area contributed by atoms with E-state index in [1.165, 1.54) is 37.7 Å². The van der Waals surface area contributed by atoms with E-state index in [0.29, 0.717) is 18.6 Å². The molecule has 1 unspecified atom stereocenters. The van der Waals surface area contributed by atoms with Crippen molar-refractivity contribution in [1.82, 2.24) is 9.88 Å². The van der Waals surface area contributed by atoms with Gasteiger partial charge in [-0.25, -0.2) is 0 Å². The highest BCUT2D eigenvalue weighted by molar-refractivity contribution is 5.18. The zero-order valence-corrected chi connectivity index (χ0v) is 12.3. The first-order valence-corrected chi connectivity index (χ1v) is 7.64. The molecule has 3 heteroatoms. The van der Waals surface area contributed by atoms with Crippen LogP contribution in [0.15, 0.2) is 18.3 Å². The average Bonchev–Trinajstić information content (AvgIpc) is 2.47. The van der Waals surface area contributed by atoms with Gasteiger partial charge in [0.2, 0.25) is 0 Å². The first-order valence-electron chi connectivity index (χ1n) is 7.64. The van der Waals surface area contributed by atoms with Crippen LogP contribution in [0.2, 0.25) is 0 Å². The maximum Gasteiger partial charge on any atom is 0.0488 e. The van der Waals surface area contributed by atoms with Crippen LogP contribution in [0.1, 0.15) is 56.3 Å². The van der Waals surface area contributed by atoms with Gasteiger partial charge in [-0.05, 0) is 37.9 Å². The smallest absolute Gasteiger partial charge is 0.0488 e. The first kappa shape index (κ1) is 14.5. The van der Waals surface area contributed by atoms with Crippen LogP contribution < -0.4 is 5.73 Å². The molecule has 0 amide bonds. The van der Waals surface area contributed by atoms with Gasteiger partial charge in [0, 0.05) is 30.5 Å². The molecule has 0 spiro atoms. The van der Waals surface area contributed by atoms with Crippen molar-refractivity contribution >= 4 is 0 Å². The number of nitrogens with two attached hydrogens (primary N) is 1. The van der Waals surface area contributed by atoms with Gasteiger partial charge in [0.1, 0.15) is 0 Å². The molecule has 1 aromatic heterocycles. The number of pyridine rings is 1. The lowest BCUT2D eigenvalue weighted by Crippen LogP contribution is -2.42. The third-order valence-electron chi connectivity index (χ3n) is 4.35. The van der Waals surface area contributed by atoms with Crippen molar-refractivity contribution in [3.05, 3.63) is 29.6 Å². The van der Waals surface area contributed by atoms with Gasteiger partial charge in [-0.3, -0.25) is 9.88 Å². The van der Waals surface area contributed by atoms with Crippen molar-refractivity contribution in [2.45, 2.75) is 58.0 Å². The maximum atomic E-state index is 6.06. The summed E-state index contributed by atoms with van der Waals surface area (Å²) in [5.74, 6) is 0. The summed E-state index contributed by atoms with van der Waals surface area (Å²) in [6, 6.07) is 5.30. The molecule has 2 rings (SSSR count). The molecule has 0 aliphatic heterocycles. The van der Waals surface area contributed by atoms with E-state index in [-0.39, 0.29) is 0 Å². The van der Waals surface area contributed by atoms with E-state index in [4.69, 9.17) is 5.73 Å². The van der Waals surface area contributed by atoms with Crippen LogP contribution in [0, 0.1) is 6.92 Å². The molecule has 1 atom stereocenters. The maximum absolute atomic E-state index is 6.06. The molecular formula is C16H27N3. The van der Waals surface area contributed by atoms with E-state index in [9.17, 15) is 0 Å². The molecule has 0 radical (unpaired) electrons. The summed E-state index contributed by atoms with van der Waals surface area (Å²) >= 11 is 0. The lowest BCUT2D eigenvalue weighted by atomic mass is 9.92. The van der Waals surface area contributed by atoms with E-state index in [1.807, 2.05) is 13.1 Å². The SMILES string of the molecule is CCN(C1CCCCC1)C(CN)c1ccc(C)nc1. The molecule has 1 aliphatic carbocycles. The summed E-state index contributed by atoms with van der Waals surface area (Å²) in [6.45, 7) is 6.02. The van der Waals surface area contributed by atoms with E-state index in [0.717, 1.165) is 12.2 Å². The number of aryl methyl sites for hydroxylation is 1. The summed E-state index contributed by atoms with van der Waals surface area (Å²) in [5.41, 5.74) is 8.39. The zero-order valence-electron chi connectivity index (χ0n) is 12.3. The second-order valence-corrected chi connectivity index (χ2v) is 5.61. The lowest BCUT2D eigenvalue weighted by molar-refractivity contribution is 0.113. The molecule has 1 aromatic rings. The van der Waals surface area contributed by atoms with Gasteiger partial charge in [-0.1, -0.05) is 32.3 Å². The molecule has 19 heavy (non-hydrogen) atoms. The number of hydrogen-bond acceptors (Lipinski definition) is 3. The van der Waals surface area contributed by atoms with Gasteiger partial charge in [0.25, 0.3) is 0 Å². The minimum absolute atomic E-state index is 0.321. The molecule has 2 N–H and O–H groups in total.